The van der Waals surface area contributed by atoms with Gasteiger partial charge in [0.05, 0.1) is 11.1 Å². The molecule has 3 nitrogen and oxygen atoms in total. The highest BCUT2D eigenvalue weighted by Crippen LogP contribution is 2.54. The van der Waals surface area contributed by atoms with Crippen molar-refractivity contribution in [1.82, 2.24) is 0 Å². The number of benzene rings is 11. The first-order chi connectivity index (χ1) is 31.5. The molecule has 12 aromatic rings. The van der Waals surface area contributed by atoms with E-state index in [0.717, 1.165) is 61.4 Å². The van der Waals surface area contributed by atoms with Gasteiger partial charge < -0.3 is 14.1 Å². The van der Waals surface area contributed by atoms with E-state index in [-0.39, 0.29) is 5.41 Å². The summed E-state index contributed by atoms with van der Waals surface area (Å²) < 4.78 is 13.5. The summed E-state index contributed by atoms with van der Waals surface area (Å²) in [6.07, 6.45) is 0. The summed E-state index contributed by atoms with van der Waals surface area (Å²) >= 11 is 0. The van der Waals surface area contributed by atoms with Crippen LogP contribution in [0.4, 0.5) is 17.1 Å². The topological polar surface area (TPSA) is 25.6 Å². The third kappa shape index (κ3) is 4.87. The SMILES string of the molecule is CC1(C)c2ccccc2-c2ccc(N(c3ccc4c(c3)Oc3ccc(-c5ccc6c7ccccc7c7ccccc7c6c5)c5cccc-4c35)c3cccc4oc5ccccc5c34)cc21. The fraction of sp³-hybridized carbons (Fsp3) is 0.0492. The number of hydrogen-bond donors (Lipinski definition) is 0. The van der Waals surface area contributed by atoms with E-state index in [0.29, 0.717) is 0 Å². The number of rotatable bonds is 4. The van der Waals surface area contributed by atoms with Crippen LogP contribution in [-0.4, -0.2) is 0 Å². The second-order valence-corrected chi connectivity index (χ2v) is 18.0. The molecule has 0 spiro atoms. The van der Waals surface area contributed by atoms with Crippen molar-refractivity contribution < 1.29 is 9.15 Å². The molecule has 3 heteroatoms. The number of anilines is 3. The van der Waals surface area contributed by atoms with Crippen molar-refractivity contribution in [2.24, 2.45) is 0 Å². The summed E-state index contributed by atoms with van der Waals surface area (Å²) in [5.41, 5.74) is 14.6. The zero-order valence-electron chi connectivity index (χ0n) is 35.3. The first-order valence-electron chi connectivity index (χ1n) is 22.2. The normalized spacial score (nSPS) is 13.4. The van der Waals surface area contributed by atoms with Crippen LogP contribution < -0.4 is 9.64 Å². The predicted octanol–water partition coefficient (Wildman–Crippen LogP) is 17.4. The molecule has 1 aliphatic carbocycles. The monoisotopic (exact) mass is 817 g/mol. The molecule has 11 aromatic carbocycles. The van der Waals surface area contributed by atoms with Gasteiger partial charge in [-0.3, -0.25) is 0 Å². The van der Waals surface area contributed by atoms with Gasteiger partial charge in [0.15, 0.2) is 0 Å². The van der Waals surface area contributed by atoms with Crippen molar-refractivity contribution >= 4 is 82.1 Å². The van der Waals surface area contributed by atoms with E-state index in [2.05, 4.69) is 213 Å². The number of hydrogen-bond acceptors (Lipinski definition) is 3. The molecule has 0 saturated heterocycles. The van der Waals surface area contributed by atoms with E-state index >= 15 is 0 Å². The number of nitrogens with zero attached hydrogens (tertiary/aromatic N) is 1. The Bertz CT molecular complexity index is 3950. The predicted molar refractivity (Wildman–Crippen MR) is 267 cm³/mol. The van der Waals surface area contributed by atoms with E-state index < -0.39 is 0 Å². The van der Waals surface area contributed by atoms with E-state index in [9.17, 15) is 0 Å². The first-order valence-corrected chi connectivity index (χ1v) is 22.2. The minimum absolute atomic E-state index is 0.156. The van der Waals surface area contributed by atoms with Crippen molar-refractivity contribution in [2.75, 3.05) is 4.90 Å². The van der Waals surface area contributed by atoms with Gasteiger partial charge in [-0.05, 0) is 131 Å². The molecule has 0 unspecified atom stereocenters. The van der Waals surface area contributed by atoms with Crippen LogP contribution in [0.3, 0.4) is 0 Å². The van der Waals surface area contributed by atoms with Crippen LogP contribution >= 0.6 is 0 Å². The highest BCUT2D eigenvalue weighted by molar-refractivity contribution is 6.26. The average Bonchev–Trinajstić information content (AvgIpc) is 3.84. The lowest BCUT2D eigenvalue weighted by atomic mass is 9.82. The Hall–Kier alpha value is -8.14. The van der Waals surface area contributed by atoms with Crippen molar-refractivity contribution in [3.8, 4) is 44.9 Å². The Morgan fingerprint density at radius 2 is 0.953 bits per heavy atom. The lowest BCUT2D eigenvalue weighted by Gasteiger charge is -2.30. The average molecular weight is 818 g/mol. The van der Waals surface area contributed by atoms with E-state index in [1.165, 1.54) is 76.6 Å². The molecule has 0 radical (unpaired) electrons. The summed E-state index contributed by atoms with van der Waals surface area (Å²) in [4.78, 5) is 2.39. The van der Waals surface area contributed by atoms with E-state index in [1.54, 1.807) is 0 Å². The van der Waals surface area contributed by atoms with Crippen LogP contribution in [0.25, 0.3) is 98.4 Å². The minimum Gasteiger partial charge on any atom is -0.456 e. The Kier molecular flexibility index (Phi) is 7.17. The minimum atomic E-state index is -0.156. The number of ether oxygens (including phenoxy) is 1. The molecule has 64 heavy (non-hydrogen) atoms. The summed E-state index contributed by atoms with van der Waals surface area (Å²) in [5.74, 6) is 1.69. The van der Waals surface area contributed by atoms with Gasteiger partial charge in [-0.15, -0.1) is 0 Å². The maximum Gasteiger partial charge on any atom is 0.137 e. The third-order valence-corrected chi connectivity index (χ3v) is 14.2. The fourth-order valence-electron chi connectivity index (χ4n) is 11.3. The third-order valence-electron chi connectivity index (χ3n) is 14.2. The molecule has 1 aromatic heterocycles. The number of furan rings is 1. The Morgan fingerprint density at radius 1 is 0.359 bits per heavy atom. The summed E-state index contributed by atoms with van der Waals surface area (Å²) in [7, 11) is 0. The van der Waals surface area contributed by atoms with Crippen molar-refractivity contribution in [1.29, 1.82) is 0 Å². The van der Waals surface area contributed by atoms with Crippen molar-refractivity contribution in [3.05, 3.63) is 211 Å². The molecule has 1 aliphatic heterocycles. The second-order valence-electron chi connectivity index (χ2n) is 18.0. The van der Waals surface area contributed by atoms with Crippen LogP contribution in [0.5, 0.6) is 11.5 Å². The summed E-state index contributed by atoms with van der Waals surface area (Å²) in [5, 5.41) is 12.1. The molecule has 0 bridgehead atoms. The van der Waals surface area contributed by atoms with E-state index in [1.807, 2.05) is 6.07 Å². The van der Waals surface area contributed by atoms with E-state index in [4.69, 9.17) is 9.15 Å². The largest absolute Gasteiger partial charge is 0.456 e. The first kappa shape index (κ1) is 35.5. The zero-order chi connectivity index (χ0) is 42.3. The second kappa shape index (κ2) is 12.9. The molecule has 0 atom stereocenters. The molecular weight excluding hydrogens is 779 g/mol. The Morgan fingerprint density at radius 3 is 1.77 bits per heavy atom. The van der Waals surface area contributed by atoms with Gasteiger partial charge in [-0.2, -0.15) is 0 Å². The Labute approximate surface area is 370 Å². The summed E-state index contributed by atoms with van der Waals surface area (Å²) in [6.45, 7) is 4.69. The number of para-hydroxylation sites is 1. The number of fused-ring (bicyclic) bond motifs is 14. The molecule has 300 valence electrons. The van der Waals surface area contributed by atoms with Crippen LogP contribution in [0.15, 0.2) is 205 Å². The van der Waals surface area contributed by atoms with Crippen molar-refractivity contribution in [2.45, 2.75) is 19.3 Å². The van der Waals surface area contributed by atoms with Crippen LogP contribution in [0.2, 0.25) is 0 Å². The molecule has 0 saturated carbocycles. The van der Waals surface area contributed by atoms with Crippen molar-refractivity contribution in [3.63, 3.8) is 0 Å². The molecular formula is C61H39NO2. The lowest BCUT2D eigenvalue weighted by Crippen LogP contribution is -2.16. The van der Waals surface area contributed by atoms with Crippen LogP contribution in [0.1, 0.15) is 25.0 Å². The summed E-state index contributed by atoms with van der Waals surface area (Å²) in [6, 6.07) is 72.9. The standard InChI is InChI=1S/C61H39NO2/c1-61(2)52-21-9-7-17-45(52)46-29-26-37(34-53(46)61)62(54-22-12-24-56-60(54)50-18-8-10-23-55(50)63-56)38-27-30-47-49-20-11-19-48-39(31-32-57(59(48)49)64-58(47)35-38)36-25-28-44-42-15-4-3-13-40(42)41-14-5-6-16-43(41)51(44)33-36/h3-35H,1-2H3. The highest BCUT2D eigenvalue weighted by Gasteiger charge is 2.36. The van der Waals surface area contributed by atoms with Gasteiger partial charge in [-0.25, -0.2) is 0 Å². The molecule has 0 fully saturated rings. The molecule has 0 N–H and O–H groups in total. The van der Waals surface area contributed by atoms with Gasteiger partial charge >= 0.3 is 0 Å². The molecule has 0 amide bonds. The quantitative estimate of drug-likeness (QED) is 0.165. The fourth-order valence-corrected chi connectivity index (χ4v) is 11.3. The maximum absolute atomic E-state index is 7.03. The van der Waals surface area contributed by atoms with Gasteiger partial charge in [0.2, 0.25) is 0 Å². The van der Waals surface area contributed by atoms with Gasteiger partial charge in [-0.1, -0.05) is 153 Å². The molecule has 2 aliphatic rings. The molecule has 2 heterocycles. The van der Waals surface area contributed by atoms with Gasteiger partial charge in [0.25, 0.3) is 0 Å². The highest BCUT2D eigenvalue weighted by atomic mass is 16.5. The zero-order valence-corrected chi connectivity index (χ0v) is 35.3. The van der Waals surface area contributed by atoms with Gasteiger partial charge in [0.1, 0.15) is 22.7 Å². The lowest BCUT2D eigenvalue weighted by molar-refractivity contribution is 0.487. The van der Waals surface area contributed by atoms with Crippen LogP contribution in [0, 0.1) is 0 Å². The Balaban J connectivity index is 0.937. The smallest absolute Gasteiger partial charge is 0.137 e. The molecule has 14 rings (SSSR count). The maximum atomic E-state index is 7.03. The van der Waals surface area contributed by atoms with Crippen LogP contribution in [-0.2, 0) is 5.41 Å². The van der Waals surface area contributed by atoms with Gasteiger partial charge in [0, 0.05) is 39.2 Å².